The number of hydrogen-bond acceptors (Lipinski definition) is 8. The number of aromatic nitrogens is 1. The Kier molecular flexibility index (Phi) is 11.5. The predicted octanol–water partition coefficient (Wildman–Crippen LogP) is 2.82. The van der Waals surface area contributed by atoms with Crippen LogP contribution in [0.1, 0.15) is 43.1 Å². The lowest BCUT2D eigenvalue weighted by molar-refractivity contribution is 0.0909. The summed E-state index contributed by atoms with van der Waals surface area (Å²) in [5.74, 6) is -0.931. The molecule has 1 fully saturated rings. The lowest BCUT2D eigenvalue weighted by Gasteiger charge is -2.28. The third-order valence-corrected chi connectivity index (χ3v) is 9.69. The van der Waals surface area contributed by atoms with Gasteiger partial charge in [-0.2, -0.15) is 0 Å². The van der Waals surface area contributed by atoms with Gasteiger partial charge in [0.1, 0.15) is 5.82 Å². The lowest BCUT2D eigenvalue weighted by Crippen LogP contribution is -2.51. The van der Waals surface area contributed by atoms with Crippen molar-refractivity contribution in [3.05, 3.63) is 53.3 Å². The van der Waals surface area contributed by atoms with Gasteiger partial charge in [0.15, 0.2) is 11.6 Å². The Morgan fingerprint density at radius 3 is 2.44 bits per heavy atom. The first-order valence-electron chi connectivity index (χ1n) is 13.9. The van der Waals surface area contributed by atoms with E-state index < -0.39 is 44.9 Å². The number of carbonyl (C=O) groups excluding carboxylic acids is 1. The summed E-state index contributed by atoms with van der Waals surface area (Å²) in [4.78, 5) is 20.1. The van der Waals surface area contributed by atoms with Gasteiger partial charge in [-0.05, 0) is 50.2 Å². The van der Waals surface area contributed by atoms with E-state index in [-0.39, 0.29) is 12.2 Å². The number of nitrogens with zero attached hydrogens (tertiary/aromatic N) is 3. The molecule has 1 saturated carbocycles. The van der Waals surface area contributed by atoms with Gasteiger partial charge in [0.25, 0.3) is 5.91 Å². The van der Waals surface area contributed by atoms with Crippen LogP contribution in [0.25, 0.3) is 0 Å². The first kappa shape index (κ1) is 32.7. The summed E-state index contributed by atoms with van der Waals surface area (Å²) in [7, 11) is 0.412. The molecule has 1 aromatic carbocycles. The molecule has 1 aliphatic carbocycles. The van der Waals surface area contributed by atoms with E-state index in [9.17, 15) is 13.2 Å². The quantitative estimate of drug-likeness (QED) is 0.304. The molecule has 0 unspecified atom stereocenters. The molecule has 0 radical (unpaired) electrons. The fraction of sp³-hybridized carbons (Fsp3) is 0.586. The Balaban J connectivity index is 2.06. The number of methoxy groups -OCH3 is 2. The van der Waals surface area contributed by atoms with Gasteiger partial charge < -0.3 is 25.4 Å². The number of pyridine rings is 1. The van der Waals surface area contributed by atoms with Crippen molar-refractivity contribution in [1.29, 1.82) is 0 Å². The van der Waals surface area contributed by atoms with Crippen LogP contribution in [0.2, 0.25) is 0 Å². The fourth-order valence-electron chi connectivity index (χ4n) is 4.64. The summed E-state index contributed by atoms with van der Waals surface area (Å²) in [6, 6.07) is 9.72. The molecule has 1 heterocycles. The van der Waals surface area contributed by atoms with Crippen LogP contribution in [0.3, 0.4) is 0 Å². The zero-order valence-electron chi connectivity index (χ0n) is 24.8. The van der Waals surface area contributed by atoms with Crippen LogP contribution in [0.4, 0.5) is 16.0 Å². The number of benzene rings is 1. The van der Waals surface area contributed by atoms with E-state index >= 15 is 4.39 Å². The van der Waals surface area contributed by atoms with Crippen LogP contribution in [0.5, 0.6) is 0 Å². The highest BCUT2D eigenvalue weighted by Gasteiger charge is 2.36. The monoisotopic (exact) mass is 593 g/mol. The zero-order chi connectivity index (χ0) is 30.3. The van der Waals surface area contributed by atoms with Gasteiger partial charge >= 0.3 is 0 Å². The topological polar surface area (TPSA) is 127 Å². The van der Waals surface area contributed by atoms with Crippen molar-refractivity contribution in [2.24, 2.45) is 17.6 Å². The van der Waals surface area contributed by atoms with E-state index in [0.717, 1.165) is 16.3 Å². The zero-order valence-corrected chi connectivity index (χ0v) is 25.7. The molecule has 228 valence electrons. The number of halogens is 1. The second-order valence-electron chi connectivity index (χ2n) is 11.0. The summed E-state index contributed by atoms with van der Waals surface area (Å²) in [6.07, 6.45) is 1.44. The summed E-state index contributed by atoms with van der Waals surface area (Å²) in [5, 5.41) is 2.06. The summed E-state index contributed by atoms with van der Waals surface area (Å²) >= 11 is 0. The van der Waals surface area contributed by atoms with Gasteiger partial charge in [-0.3, -0.25) is 9.10 Å². The molecule has 10 nitrogen and oxygen atoms in total. The smallest absolute Gasteiger partial charge is 0.254 e. The van der Waals surface area contributed by atoms with Crippen molar-refractivity contribution >= 4 is 27.6 Å². The lowest BCUT2D eigenvalue weighted by atomic mass is 9.99. The predicted molar refractivity (Wildman–Crippen MR) is 159 cm³/mol. The molecule has 1 aromatic heterocycles. The fourth-order valence-corrected chi connectivity index (χ4v) is 5.64. The van der Waals surface area contributed by atoms with E-state index in [0.29, 0.717) is 43.8 Å². The van der Waals surface area contributed by atoms with Gasteiger partial charge in [0, 0.05) is 40.4 Å². The molecule has 12 heteroatoms. The summed E-state index contributed by atoms with van der Waals surface area (Å²) < 4.78 is 53.5. The normalized spacial score (nSPS) is 18.2. The van der Waals surface area contributed by atoms with Gasteiger partial charge in [-0.1, -0.05) is 37.3 Å². The Labute approximate surface area is 243 Å². The molecule has 1 aliphatic rings. The second-order valence-corrected chi connectivity index (χ2v) is 13.5. The highest BCUT2D eigenvalue weighted by Crippen LogP contribution is 2.39. The summed E-state index contributed by atoms with van der Waals surface area (Å²) in [5.41, 5.74) is 6.98. The third-order valence-electron chi connectivity index (χ3n) is 7.56. The van der Waals surface area contributed by atoms with Crippen molar-refractivity contribution < 1.29 is 27.1 Å². The average Bonchev–Trinajstić information content (AvgIpc) is 3.64. The maximum Gasteiger partial charge on any atom is 0.254 e. The van der Waals surface area contributed by atoms with Crippen molar-refractivity contribution in [1.82, 2.24) is 10.3 Å². The maximum absolute atomic E-state index is 16.1. The molecule has 1 amide bonds. The number of rotatable bonds is 16. The number of nitrogens with one attached hydrogen (secondary N) is 1. The number of anilines is 2. The van der Waals surface area contributed by atoms with E-state index in [1.165, 1.54) is 34.1 Å². The molecule has 0 aliphatic heterocycles. The van der Waals surface area contributed by atoms with E-state index in [4.69, 9.17) is 15.2 Å². The standard InChI is InChI=1S/C29H44FN5O5S/c1-19(2)41(37,38)34(4)28-27(30)23(16-26(33-28)35(12-13-39-5)17-22-14-20(22)3)29(36)32-25(24(31)18-40-6)15-21-10-8-7-9-11-21/h7-11,16,19-20,22,24-25H,12-15,17-18,31H2,1-6H3,(H,32,36)/t20-,22+,24-,25-/m0/s1. The minimum atomic E-state index is -3.94. The molecular weight excluding hydrogens is 549 g/mol. The van der Waals surface area contributed by atoms with Gasteiger partial charge in [0.05, 0.1) is 30.1 Å². The van der Waals surface area contributed by atoms with Crippen molar-refractivity contribution in [2.75, 3.05) is 56.8 Å². The van der Waals surface area contributed by atoms with Crippen molar-refractivity contribution in [3.63, 3.8) is 0 Å². The molecule has 0 spiro atoms. The van der Waals surface area contributed by atoms with Crippen molar-refractivity contribution in [2.45, 2.75) is 50.9 Å². The summed E-state index contributed by atoms with van der Waals surface area (Å²) in [6.45, 7) is 6.78. The van der Waals surface area contributed by atoms with Gasteiger partial charge in [0.2, 0.25) is 10.0 Å². The number of amides is 1. The molecule has 3 rings (SSSR count). The molecule has 3 N–H and O–H groups in total. The number of sulfonamides is 1. The highest BCUT2D eigenvalue weighted by atomic mass is 32.2. The van der Waals surface area contributed by atoms with Crippen LogP contribution in [0, 0.1) is 17.7 Å². The minimum absolute atomic E-state index is 0.173. The van der Waals surface area contributed by atoms with Gasteiger partial charge in [-0.25, -0.2) is 17.8 Å². The van der Waals surface area contributed by atoms with Gasteiger partial charge in [-0.15, -0.1) is 0 Å². The Bertz CT molecular complexity index is 1260. The van der Waals surface area contributed by atoms with Crippen molar-refractivity contribution in [3.8, 4) is 0 Å². The number of nitrogens with two attached hydrogens (primary N) is 1. The molecule has 0 bridgehead atoms. The Hall–Kier alpha value is -2.80. The van der Waals surface area contributed by atoms with E-state index in [1.54, 1.807) is 7.11 Å². The van der Waals surface area contributed by atoms with E-state index in [1.807, 2.05) is 35.2 Å². The molecule has 2 aromatic rings. The third kappa shape index (κ3) is 8.37. The van der Waals surface area contributed by atoms with Crippen LogP contribution < -0.4 is 20.3 Å². The molecular formula is C29H44FN5O5S. The van der Waals surface area contributed by atoms with Crippen LogP contribution in [0.15, 0.2) is 36.4 Å². The highest BCUT2D eigenvalue weighted by molar-refractivity contribution is 7.93. The SMILES string of the molecule is COCCN(C[C@H]1C[C@@H]1C)c1cc(C(=O)N[C@@H](Cc2ccccc2)[C@@H](N)COC)c(F)c(N(C)S(=O)(=O)C(C)C)n1. The first-order chi connectivity index (χ1) is 19.4. The van der Waals surface area contributed by atoms with Crippen LogP contribution in [-0.4, -0.2) is 84.2 Å². The Morgan fingerprint density at radius 1 is 1.22 bits per heavy atom. The largest absolute Gasteiger partial charge is 0.383 e. The molecule has 0 saturated heterocycles. The minimum Gasteiger partial charge on any atom is -0.383 e. The number of carbonyl (C=O) groups is 1. The molecule has 4 atom stereocenters. The molecule has 41 heavy (non-hydrogen) atoms. The maximum atomic E-state index is 16.1. The van der Waals surface area contributed by atoms with Crippen LogP contribution in [-0.2, 0) is 25.9 Å². The first-order valence-corrected chi connectivity index (χ1v) is 15.4. The average molecular weight is 594 g/mol. The Morgan fingerprint density at radius 2 is 1.88 bits per heavy atom. The van der Waals surface area contributed by atoms with E-state index in [2.05, 4.69) is 17.2 Å². The number of ether oxygens (including phenoxy) is 2. The number of hydrogen-bond donors (Lipinski definition) is 2. The van der Waals surface area contributed by atoms with Crippen LogP contribution >= 0.6 is 0 Å². The second kappa shape index (κ2) is 14.4.